The van der Waals surface area contributed by atoms with Crippen molar-refractivity contribution >= 4 is 17.5 Å². The number of halogens is 1. The van der Waals surface area contributed by atoms with E-state index in [1.165, 1.54) is 38.5 Å². The molecule has 0 aromatic carbocycles. The van der Waals surface area contributed by atoms with Gasteiger partial charge in [0.15, 0.2) is 0 Å². The molecule has 2 atom stereocenters. The van der Waals surface area contributed by atoms with Gasteiger partial charge in [-0.25, -0.2) is 0 Å². The van der Waals surface area contributed by atoms with E-state index in [1.54, 1.807) is 0 Å². The maximum absolute atomic E-state index is 12.9. The molecule has 2 nitrogen and oxygen atoms in total. The SMILES string of the molecule is CC1CCN(C(=O)CC23CC4CC(CC(C4)C2)C3)C1CCl. The predicted octanol–water partition coefficient (Wildman–Crippen LogP) is 4.07. The van der Waals surface area contributed by atoms with Crippen LogP contribution in [0.25, 0.3) is 0 Å². The van der Waals surface area contributed by atoms with E-state index < -0.39 is 0 Å². The van der Waals surface area contributed by atoms with Crippen LogP contribution < -0.4 is 0 Å². The lowest BCUT2D eigenvalue weighted by Gasteiger charge is -2.57. The Labute approximate surface area is 133 Å². The molecule has 5 aliphatic rings. The lowest BCUT2D eigenvalue weighted by Crippen LogP contribution is -2.49. The van der Waals surface area contributed by atoms with Gasteiger partial charge in [-0.2, -0.15) is 0 Å². The average molecular weight is 310 g/mol. The summed E-state index contributed by atoms with van der Waals surface area (Å²) in [6.07, 6.45) is 10.3. The standard InChI is InChI=1S/C18H28ClNO/c1-12-2-3-20(16(12)11-19)17(21)10-18-7-13-4-14(8-18)6-15(5-13)9-18/h12-16H,2-11H2,1H3. The number of carbonyl (C=O) groups is 1. The number of carbonyl (C=O) groups excluding carboxylic acids is 1. The molecule has 1 aliphatic heterocycles. The van der Waals surface area contributed by atoms with Crippen molar-refractivity contribution in [1.82, 2.24) is 4.90 Å². The van der Waals surface area contributed by atoms with Crippen LogP contribution in [0, 0.1) is 29.1 Å². The summed E-state index contributed by atoms with van der Waals surface area (Å²) in [7, 11) is 0. The monoisotopic (exact) mass is 309 g/mol. The number of likely N-dealkylation sites (tertiary alicyclic amines) is 1. The maximum Gasteiger partial charge on any atom is 0.223 e. The van der Waals surface area contributed by atoms with Crippen molar-refractivity contribution in [3.63, 3.8) is 0 Å². The fourth-order valence-electron chi connectivity index (χ4n) is 6.48. The second kappa shape index (κ2) is 5.15. The zero-order valence-corrected chi connectivity index (χ0v) is 13.9. The molecule has 4 bridgehead atoms. The molecular weight excluding hydrogens is 282 g/mol. The fourth-order valence-corrected chi connectivity index (χ4v) is 6.95. The van der Waals surface area contributed by atoms with Crippen molar-refractivity contribution in [2.45, 2.75) is 64.3 Å². The summed E-state index contributed by atoms with van der Waals surface area (Å²) in [5.41, 5.74) is 0.370. The summed E-state index contributed by atoms with van der Waals surface area (Å²) in [4.78, 5) is 15.0. The molecule has 0 spiro atoms. The summed E-state index contributed by atoms with van der Waals surface area (Å²) >= 11 is 6.12. The lowest BCUT2D eigenvalue weighted by molar-refractivity contribution is -0.140. The third kappa shape index (κ3) is 2.42. The second-order valence-electron chi connectivity index (χ2n) is 8.67. The molecule has 4 aliphatic carbocycles. The maximum atomic E-state index is 12.9. The molecule has 3 heteroatoms. The quantitative estimate of drug-likeness (QED) is 0.720. The highest BCUT2D eigenvalue weighted by Crippen LogP contribution is 2.61. The van der Waals surface area contributed by atoms with E-state index >= 15 is 0 Å². The third-order valence-corrected chi connectivity index (χ3v) is 7.37. The molecule has 0 radical (unpaired) electrons. The van der Waals surface area contributed by atoms with Crippen LogP contribution in [-0.2, 0) is 4.79 Å². The molecule has 118 valence electrons. The van der Waals surface area contributed by atoms with Crippen LogP contribution in [0.4, 0.5) is 0 Å². The molecule has 1 amide bonds. The zero-order chi connectivity index (χ0) is 14.6. The number of amides is 1. The topological polar surface area (TPSA) is 20.3 Å². The minimum atomic E-state index is 0.285. The van der Waals surface area contributed by atoms with Crippen molar-refractivity contribution in [2.75, 3.05) is 12.4 Å². The minimum absolute atomic E-state index is 0.285. The molecule has 4 saturated carbocycles. The smallest absolute Gasteiger partial charge is 0.223 e. The van der Waals surface area contributed by atoms with Gasteiger partial charge in [0.05, 0.1) is 0 Å². The summed E-state index contributed by atoms with van der Waals surface area (Å²) < 4.78 is 0. The van der Waals surface area contributed by atoms with Gasteiger partial charge in [0, 0.05) is 24.9 Å². The van der Waals surface area contributed by atoms with E-state index in [0.29, 0.717) is 23.1 Å². The average Bonchev–Trinajstić information content (AvgIpc) is 2.77. The van der Waals surface area contributed by atoms with Crippen LogP contribution in [0.2, 0.25) is 0 Å². The largest absolute Gasteiger partial charge is 0.338 e. The fraction of sp³-hybridized carbons (Fsp3) is 0.944. The Kier molecular flexibility index (Phi) is 3.52. The zero-order valence-electron chi connectivity index (χ0n) is 13.2. The number of rotatable bonds is 3. The Morgan fingerprint density at radius 3 is 2.24 bits per heavy atom. The number of hydrogen-bond acceptors (Lipinski definition) is 1. The van der Waals surface area contributed by atoms with Crippen molar-refractivity contribution < 1.29 is 4.79 Å². The van der Waals surface area contributed by atoms with Gasteiger partial charge in [-0.15, -0.1) is 11.6 Å². The highest BCUT2D eigenvalue weighted by molar-refractivity contribution is 6.18. The molecule has 1 heterocycles. The normalized spacial score (nSPS) is 48.1. The molecule has 5 rings (SSSR count). The van der Waals surface area contributed by atoms with Gasteiger partial charge in [0.25, 0.3) is 0 Å². The Morgan fingerprint density at radius 1 is 1.14 bits per heavy atom. The van der Waals surface area contributed by atoms with Crippen LogP contribution in [0.15, 0.2) is 0 Å². The van der Waals surface area contributed by atoms with Gasteiger partial charge in [-0.3, -0.25) is 4.79 Å². The molecule has 5 fully saturated rings. The Bertz CT molecular complexity index is 400. The molecule has 0 N–H and O–H groups in total. The van der Waals surface area contributed by atoms with E-state index in [9.17, 15) is 4.79 Å². The Morgan fingerprint density at radius 2 is 1.71 bits per heavy atom. The highest BCUT2D eigenvalue weighted by Gasteiger charge is 2.52. The van der Waals surface area contributed by atoms with Gasteiger partial charge in [0.1, 0.15) is 0 Å². The van der Waals surface area contributed by atoms with Crippen molar-refractivity contribution in [3.8, 4) is 0 Å². The lowest BCUT2D eigenvalue weighted by atomic mass is 9.49. The second-order valence-corrected chi connectivity index (χ2v) is 8.98. The van der Waals surface area contributed by atoms with Crippen molar-refractivity contribution in [2.24, 2.45) is 29.1 Å². The van der Waals surface area contributed by atoms with E-state index in [-0.39, 0.29) is 6.04 Å². The summed E-state index contributed by atoms with van der Waals surface area (Å²) in [5, 5.41) is 0. The first-order chi connectivity index (χ1) is 10.1. The molecular formula is C18H28ClNO. The first-order valence-corrected chi connectivity index (χ1v) is 9.47. The number of nitrogens with zero attached hydrogens (tertiary/aromatic N) is 1. The first kappa shape index (κ1) is 14.4. The van der Waals surface area contributed by atoms with Gasteiger partial charge in [0.2, 0.25) is 5.91 Å². The van der Waals surface area contributed by atoms with E-state index in [1.807, 2.05) is 0 Å². The number of alkyl halides is 1. The van der Waals surface area contributed by atoms with Gasteiger partial charge in [-0.05, 0) is 74.0 Å². The third-order valence-electron chi connectivity index (χ3n) is 7.05. The summed E-state index contributed by atoms with van der Waals surface area (Å²) in [6.45, 7) is 3.18. The van der Waals surface area contributed by atoms with Crippen molar-refractivity contribution in [1.29, 1.82) is 0 Å². The molecule has 21 heavy (non-hydrogen) atoms. The van der Waals surface area contributed by atoms with E-state index in [4.69, 9.17) is 11.6 Å². The van der Waals surface area contributed by atoms with Gasteiger partial charge in [-0.1, -0.05) is 6.92 Å². The van der Waals surface area contributed by atoms with Crippen LogP contribution in [0.5, 0.6) is 0 Å². The van der Waals surface area contributed by atoms with Crippen LogP contribution in [0.1, 0.15) is 58.3 Å². The van der Waals surface area contributed by atoms with Crippen LogP contribution in [0.3, 0.4) is 0 Å². The predicted molar refractivity (Wildman–Crippen MR) is 85.2 cm³/mol. The minimum Gasteiger partial charge on any atom is -0.338 e. The van der Waals surface area contributed by atoms with Gasteiger partial charge < -0.3 is 4.90 Å². The van der Waals surface area contributed by atoms with Crippen LogP contribution >= 0.6 is 11.6 Å². The first-order valence-electron chi connectivity index (χ1n) is 8.94. The summed E-state index contributed by atoms with van der Waals surface area (Å²) in [6, 6.07) is 0.285. The van der Waals surface area contributed by atoms with E-state index in [0.717, 1.165) is 37.1 Å². The molecule has 0 aromatic rings. The molecule has 2 unspecified atom stereocenters. The highest BCUT2D eigenvalue weighted by atomic mass is 35.5. The van der Waals surface area contributed by atoms with Gasteiger partial charge >= 0.3 is 0 Å². The molecule has 0 aromatic heterocycles. The Balaban J connectivity index is 1.47. The van der Waals surface area contributed by atoms with Crippen molar-refractivity contribution in [3.05, 3.63) is 0 Å². The molecule has 1 saturated heterocycles. The van der Waals surface area contributed by atoms with Crippen LogP contribution in [-0.4, -0.2) is 29.3 Å². The summed E-state index contributed by atoms with van der Waals surface area (Å²) in [5.74, 6) is 4.39. The Hall–Kier alpha value is -0.240. The van der Waals surface area contributed by atoms with E-state index in [2.05, 4.69) is 11.8 Å². The number of hydrogen-bond donors (Lipinski definition) is 0.